The highest BCUT2D eigenvalue weighted by Gasteiger charge is 2.23. The number of carbonyl (C=O) groups excluding carboxylic acids is 1. The molecule has 4 heteroatoms. The number of rotatable bonds is 4. The van der Waals surface area contributed by atoms with Crippen molar-refractivity contribution >= 4 is 6.09 Å². The fourth-order valence-electron chi connectivity index (χ4n) is 2.81. The zero-order valence-corrected chi connectivity index (χ0v) is 14.3. The van der Waals surface area contributed by atoms with E-state index in [9.17, 15) is 4.79 Å². The summed E-state index contributed by atoms with van der Waals surface area (Å²) in [5.41, 5.74) is 3.69. The predicted molar refractivity (Wildman–Crippen MR) is 89.1 cm³/mol. The van der Waals surface area contributed by atoms with Crippen LogP contribution in [0.15, 0.2) is 18.2 Å². The van der Waals surface area contributed by atoms with E-state index in [1.807, 2.05) is 27.7 Å². The molecule has 2 N–H and O–H groups in total. The normalized spacial score (nSPS) is 18.7. The number of hydrogen-bond donors (Lipinski definition) is 2. The lowest BCUT2D eigenvalue weighted by atomic mass is 10.0. The van der Waals surface area contributed by atoms with Crippen LogP contribution in [0, 0.1) is 6.92 Å². The number of ether oxygens (including phenoxy) is 1. The summed E-state index contributed by atoms with van der Waals surface area (Å²) in [5.74, 6) is 0. The first-order chi connectivity index (χ1) is 10.2. The quantitative estimate of drug-likeness (QED) is 0.895. The van der Waals surface area contributed by atoms with Crippen molar-refractivity contribution in [3.63, 3.8) is 0 Å². The molecule has 1 aromatic rings. The van der Waals surface area contributed by atoms with Gasteiger partial charge in [-0.1, -0.05) is 23.8 Å². The Morgan fingerprint density at radius 1 is 1.41 bits per heavy atom. The van der Waals surface area contributed by atoms with Gasteiger partial charge in [0.1, 0.15) is 5.60 Å². The maximum Gasteiger partial charge on any atom is 0.407 e. The Hall–Kier alpha value is -1.55. The van der Waals surface area contributed by atoms with Gasteiger partial charge < -0.3 is 15.4 Å². The van der Waals surface area contributed by atoms with Crippen LogP contribution in [0.25, 0.3) is 0 Å². The number of amides is 1. The first-order valence-electron chi connectivity index (χ1n) is 8.07. The third-order valence-corrected chi connectivity index (χ3v) is 3.81. The molecule has 1 amide bonds. The van der Waals surface area contributed by atoms with Crippen LogP contribution in [-0.4, -0.2) is 24.3 Å². The van der Waals surface area contributed by atoms with Crippen molar-refractivity contribution in [3.8, 4) is 0 Å². The number of nitrogens with one attached hydrogen (secondary N) is 2. The topological polar surface area (TPSA) is 50.4 Å². The van der Waals surface area contributed by atoms with Crippen LogP contribution >= 0.6 is 0 Å². The third-order valence-electron chi connectivity index (χ3n) is 3.81. The Balaban J connectivity index is 1.82. The van der Waals surface area contributed by atoms with Gasteiger partial charge in [0, 0.05) is 18.6 Å². The Morgan fingerprint density at radius 2 is 2.14 bits per heavy atom. The summed E-state index contributed by atoms with van der Waals surface area (Å²) < 4.78 is 5.27. The highest BCUT2D eigenvalue weighted by atomic mass is 16.6. The maximum absolute atomic E-state index is 11.7. The minimum absolute atomic E-state index is 0.0312. The second kappa shape index (κ2) is 6.69. The summed E-state index contributed by atoms with van der Waals surface area (Å²) in [6.45, 7) is 10.5. The summed E-state index contributed by atoms with van der Waals surface area (Å²) in [6, 6.07) is 7.09. The van der Waals surface area contributed by atoms with Gasteiger partial charge in [0.2, 0.25) is 0 Å². The van der Waals surface area contributed by atoms with Crippen molar-refractivity contribution in [1.29, 1.82) is 0 Å². The van der Waals surface area contributed by atoms with Gasteiger partial charge in [-0.25, -0.2) is 4.79 Å². The molecule has 0 aromatic heterocycles. The molecule has 0 bridgehead atoms. The lowest BCUT2D eigenvalue weighted by Crippen LogP contribution is -2.43. The zero-order chi connectivity index (χ0) is 16.3. The summed E-state index contributed by atoms with van der Waals surface area (Å²) in [6.07, 6.45) is 1.89. The monoisotopic (exact) mass is 304 g/mol. The van der Waals surface area contributed by atoms with E-state index in [0.717, 1.165) is 19.4 Å². The van der Waals surface area contributed by atoms with Gasteiger partial charge >= 0.3 is 6.09 Å². The Kier molecular flexibility index (Phi) is 5.12. The molecule has 0 fully saturated rings. The van der Waals surface area contributed by atoms with Crippen molar-refractivity contribution in [3.05, 3.63) is 34.9 Å². The molecule has 1 aromatic carbocycles. The van der Waals surface area contributed by atoms with E-state index < -0.39 is 5.60 Å². The molecule has 0 spiro atoms. The summed E-state index contributed by atoms with van der Waals surface area (Å²) in [7, 11) is 0. The van der Waals surface area contributed by atoms with Crippen LogP contribution in [0.4, 0.5) is 4.79 Å². The Labute approximate surface area is 133 Å². The molecular weight excluding hydrogens is 276 g/mol. The molecule has 22 heavy (non-hydrogen) atoms. The molecule has 2 rings (SSSR count). The number of fused-ring (bicyclic) bond motifs is 1. The Bertz CT molecular complexity index is 534. The summed E-state index contributed by atoms with van der Waals surface area (Å²) in [4.78, 5) is 11.7. The fourth-order valence-corrected chi connectivity index (χ4v) is 2.81. The number of hydrogen-bond acceptors (Lipinski definition) is 3. The van der Waals surface area contributed by atoms with Crippen molar-refractivity contribution in [1.82, 2.24) is 10.6 Å². The van der Waals surface area contributed by atoms with Gasteiger partial charge in [0.15, 0.2) is 0 Å². The summed E-state index contributed by atoms with van der Waals surface area (Å²) in [5, 5.41) is 6.43. The Morgan fingerprint density at radius 3 is 2.82 bits per heavy atom. The number of carbonyl (C=O) groups is 1. The maximum atomic E-state index is 11.7. The van der Waals surface area contributed by atoms with Gasteiger partial charge in [-0.05, 0) is 58.6 Å². The van der Waals surface area contributed by atoms with E-state index >= 15 is 0 Å². The second-order valence-corrected chi connectivity index (χ2v) is 7.25. The van der Waals surface area contributed by atoms with Gasteiger partial charge in [-0.3, -0.25) is 0 Å². The molecule has 0 heterocycles. The molecule has 0 saturated heterocycles. The van der Waals surface area contributed by atoms with Crippen molar-refractivity contribution < 1.29 is 9.53 Å². The molecule has 4 nitrogen and oxygen atoms in total. The first-order valence-corrected chi connectivity index (χ1v) is 8.07. The molecule has 0 saturated carbocycles. The molecule has 0 aliphatic heterocycles. The van der Waals surface area contributed by atoms with E-state index in [4.69, 9.17) is 4.74 Å². The van der Waals surface area contributed by atoms with Gasteiger partial charge in [-0.15, -0.1) is 0 Å². The van der Waals surface area contributed by atoms with Crippen LogP contribution in [0.3, 0.4) is 0 Å². The van der Waals surface area contributed by atoms with Gasteiger partial charge in [0.25, 0.3) is 0 Å². The molecule has 1 aliphatic rings. The zero-order valence-electron chi connectivity index (χ0n) is 14.3. The largest absolute Gasteiger partial charge is 0.444 e. The number of benzene rings is 1. The van der Waals surface area contributed by atoms with Crippen molar-refractivity contribution in [2.24, 2.45) is 0 Å². The van der Waals surface area contributed by atoms with E-state index in [-0.39, 0.29) is 12.1 Å². The second-order valence-electron chi connectivity index (χ2n) is 7.25. The first kappa shape index (κ1) is 16.8. The van der Waals surface area contributed by atoms with Crippen molar-refractivity contribution in [2.75, 3.05) is 6.54 Å². The fraction of sp³-hybridized carbons (Fsp3) is 0.611. The average Bonchev–Trinajstić information content (AvgIpc) is 2.76. The predicted octanol–water partition coefficient (Wildman–Crippen LogP) is 3.49. The van der Waals surface area contributed by atoms with Crippen LogP contribution in [0.1, 0.15) is 56.8 Å². The SMILES string of the molecule is Cc1ccc2c(c1)C(NCC(C)NC(=O)OC(C)(C)C)CC2. The van der Waals surface area contributed by atoms with E-state index in [1.165, 1.54) is 16.7 Å². The molecule has 2 unspecified atom stereocenters. The van der Waals surface area contributed by atoms with E-state index in [1.54, 1.807) is 0 Å². The number of aryl methyl sites for hydroxylation is 2. The number of alkyl carbamates (subject to hydrolysis) is 1. The smallest absolute Gasteiger partial charge is 0.407 e. The molecular formula is C18H28N2O2. The molecule has 122 valence electrons. The van der Waals surface area contributed by atoms with Crippen LogP contribution < -0.4 is 10.6 Å². The third kappa shape index (κ3) is 4.73. The molecule has 1 aliphatic carbocycles. The average molecular weight is 304 g/mol. The van der Waals surface area contributed by atoms with Crippen LogP contribution in [0.2, 0.25) is 0 Å². The lowest BCUT2D eigenvalue weighted by Gasteiger charge is -2.23. The standard InChI is InChI=1S/C18H28N2O2/c1-12-6-7-14-8-9-16(15(14)10-12)19-11-13(2)20-17(21)22-18(3,4)5/h6-7,10,13,16,19H,8-9,11H2,1-5H3,(H,20,21). The van der Waals surface area contributed by atoms with Gasteiger partial charge in [-0.2, -0.15) is 0 Å². The van der Waals surface area contributed by atoms with Crippen molar-refractivity contribution in [2.45, 2.75) is 65.1 Å². The minimum Gasteiger partial charge on any atom is -0.444 e. The molecule has 2 atom stereocenters. The van der Waals surface area contributed by atoms with E-state index in [2.05, 4.69) is 35.8 Å². The molecule has 0 radical (unpaired) electrons. The van der Waals surface area contributed by atoms with E-state index in [0.29, 0.717) is 6.04 Å². The highest BCUT2D eigenvalue weighted by Crippen LogP contribution is 2.31. The highest BCUT2D eigenvalue weighted by molar-refractivity contribution is 5.68. The van der Waals surface area contributed by atoms with Gasteiger partial charge in [0.05, 0.1) is 0 Å². The lowest BCUT2D eigenvalue weighted by molar-refractivity contribution is 0.0507. The summed E-state index contributed by atoms with van der Waals surface area (Å²) >= 11 is 0. The van der Waals surface area contributed by atoms with Crippen LogP contribution in [0.5, 0.6) is 0 Å². The van der Waals surface area contributed by atoms with Crippen LogP contribution in [-0.2, 0) is 11.2 Å². The minimum atomic E-state index is -0.459.